The summed E-state index contributed by atoms with van der Waals surface area (Å²) in [6.07, 6.45) is 2.81. The van der Waals surface area contributed by atoms with E-state index in [0.717, 1.165) is 12.7 Å². The van der Waals surface area contributed by atoms with Crippen molar-refractivity contribution >= 4 is 12.2 Å². The van der Waals surface area contributed by atoms with E-state index in [1.807, 2.05) is 0 Å². The fourth-order valence-corrected chi connectivity index (χ4v) is 1.25. The predicted octanol–water partition coefficient (Wildman–Crippen LogP) is 0.196. The van der Waals surface area contributed by atoms with Gasteiger partial charge in [0.25, 0.3) is 0 Å². The van der Waals surface area contributed by atoms with Crippen molar-refractivity contribution in [2.75, 3.05) is 7.05 Å². The molecule has 1 saturated heterocycles. The van der Waals surface area contributed by atoms with Gasteiger partial charge >= 0.3 is 0 Å². The van der Waals surface area contributed by atoms with E-state index in [0.29, 0.717) is 12.8 Å². The first-order chi connectivity index (χ1) is 4.75. The highest BCUT2D eigenvalue weighted by Gasteiger charge is 2.26. The lowest BCUT2D eigenvalue weighted by Gasteiger charge is -2.16. The molecule has 1 aliphatic heterocycles. The lowest BCUT2D eigenvalue weighted by atomic mass is 10.2. The highest BCUT2D eigenvalue weighted by molar-refractivity contribution is 5.78. The van der Waals surface area contributed by atoms with Crippen LogP contribution in [-0.4, -0.2) is 30.2 Å². The molecule has 3 nitrogen and oxygen atoms in total. The zero-order chi connectivity index (χ0) is 7.56. The molecule has 1 aliphatic rings. The molecule has 0 bridgehead atoms. The van der Waals surface area contributed by atoms with Crippen LogP contribution in [0.25, 0.3) is 0 Å². The molecule has 0 saturated carbocycles. The van der Waals surface area contributed by atoms with Crippen molar-refractivity contribution in [1.82, 2.24) is 4.90 Å². The summed E-state index contributed by atoms with van der Waals surface area (Å²) >= 11 is 0. The van der Waals surface area contributed by atoms with E-state index >= 15 is 0 Å². The molecule has 0 radical (unpaired) electrons. The van der Waals surface area contributed by atoms with E-state index in [4.69, 9.17) is 0 Å². The van der Waals surface area contributed by atoms with Gasteiger partial charge in [-0.2, -0.15) is 0 Å². The van der Waals surface area contributed by atoms with Crippen molar-refractivity contribution in [3.8, 4) is 0 Å². The molecule has 1 heterocycles. The Morgan fingerprint density at radius 2 is 2.50 bits per heavy atom. The van der Waals surface area contributed by atoms with Crippen molar-refractivity contribution in [2.24, 2.45) is 0 Å². The summed E-state index contributed by atoms with van der Waals surface area (Å²) in [7, 11) is 1.75. The summed E-state index contributed by atoms with van der Waals surface area (Å²) in [5, 5.41) is 0. The Bertz CT molecular complexity index is 156. The second-order valence-corrected chi connectivity index (χ2v) is 2.60. The Morgan fingerprint density at radius 3 is 2.90 bits per heavy atom. The summed E-state index contributed by atoms with van der Waals surface area (Å²) in [5.41, 5.74) is 0. The molecule has 1 fully saturated rings. The zero-order valence-electron chi connectivity index (χ0n) is 6.04. The van der Waals surface area contributed by atoms with Gasteiger partial charge in [-0.25, -0.2) is 0 Å². The van der Waals surface area contributed by atoms with Crippen LogP contribution in [0.3, 0.4) is 0 Å². The van der Waals surface area contributed by atoms with Crippen LogP contribution in [0.5, 0.6) is 0 Å². The Balaban J connectivity index is 2.48. The van der Waals surface area contributed by atoms with Crippen molar-refractivity contribution < 1.29 is 9.59 Å². The number of carbonyl (C=O) groups is 2. The molecule has 0 aromatic rings. The number of likely N-dealkylation sites (tertiary alicyclic amines) is 1. The molecule has 0 aromatic carbocycles. The van der Waals surface area contributed by atoms with Gasteiger partial charge in [-0.3, -0.25) is 4.79 Å². The van der Waals surface area contributed by atoms with Gasteiger partial charge in [-0.15, -0.1) is 0 Å². The van der Waals surface area contributed by atoms with E-state index in [9.17, 15) is 9.59 Å². The third kappa shape index (κ3) is 1.17. The Kier molecular flexibility index (Phi) is 2.04. The maximum atomic E-state index is 10.9. The standard InChI is InChI=1S/C7H11NO2/c1-8-6(4-5-9)2-3-7(8)10/h5-6H,2-4H2,1H3/t6-/m1/s1. The van der Waals surface area contributed by atoms with Gasteiger partial charge in [0, 0.05) is 25.9 Å². The Morgan fingerprint density at radius 1 is 1.80 bits per heavy atom. The maximum Gasteiger partial charge on any atom is 0.222 e. The summed E-state index contributed by atoms with van der Waals surface area (Å²) in [6, 6.07) is 0.171. The average Bonchev–Trinajstić information content (AvgIpc) is 2.20. The molecule has 56 valence electrons. The fraction of sp³-hybridized carbons (Fsp3) is 0.714. The van der Waals surface area contributed by atoms with Crippen LogP contribution in [0, 0.1) is 0 Å². The summed E-state index contributed by atoms with van der Waals surface area (Å²) in [5.74, 6) is 0.159. The first-order valence-corrected chi connectivity index (χ1v) is 3.45. The van der Waals surface area contributed by atoms with Gasteiger partial charge in [0.05, 0.1) is 0 Å². The lowest BCUT2D eigenvalue weighted by Crippen LogP contribution is -2.28. The first kappa shape index (κ1) is 7.25. The van der Waals surface area contributed by atoms with Crippen molar-refractivity contribution in [3.05, 3.63) is 0 Å². The van der Waals surface area contributed by atoms with Crippen molar-refractivity contribution in [2.45, 2.75) is 25.3 Å². The number of rotatable bonds is 2. The van der Waals surface area contributed by atoms with Gasteiger partial charge in [0.2, 0.25) is 5.91 Å². The second-order valence-electron chi connectivity index (χ2n) is 2.60. The quantitative estimate of drug-likeness (QED) is 0.515. The second kappa shape index (κ2) is 2.82. The van der Waals surface area contributed by atoms with E-state index in [2.05, 4.69) is 0 Å². The SMILES string of the molecule is CN1C(=O)CC[C@@H]1CC=O. The van der Waals surface area contributed by atoms with Crippen LogP contribution in [0.4, 0.5) is 0 Å². The molecule has 0 spiro atoms. The van der Waals surface area contributed by atoms with Crippen molar-refractivity contribution in [3.63, 3.8) is 0 Å². The van der Waals surface area contributed by atoms with Gasteiger partial charge in [0.1, 0.15) is 6.29 Å². The molecule has 1 amide bonds. The van der Waals surface area contributed by atoms with Gasteiger partial charge in [0.15, 0.2) is 0 Å². The molecule has 0 unspecified atom stereocenters. The number of hydrogen-bond acceptors (Lipinski definition) is 2. The Hall–Kier alpha value is -0.860. The van der Waals surface area contributed by atoms with Gasteiger partial charge < -0.3 is 9.69 Å². The van der Waals surface area contributed by atoms with Gasteiger partial charge in [-0.1, -0.05) is 0 Å². The predicted molar refractivity (Wildman–Crippen MR) is 36.5 cm³/mol. The monoisotopic (exact) mass is 141 g/mol. The van der Waals surface area contributed by atoms with Crippen LogP contribution >= 0.6 is 0 Å². The van der Waals surface area contributed by atoms with Crippen LogP contribution in [0.15, 0.2) is 0 Å². The number of carbonyl (C=O) groups excluding carboxylic acids is 2. The minimum Gasteiger partial charge on any atom is -0.342 e. The maximum absolute atomic E-state index is 10.9. The molecular weight excluding hydrogens is 130 g/mol. The fourth-order valence-electron chi connectivity index (χ4n) is 1.25. The molecular formula is C7H11NO2. The molecule has 3 heteroatoms. The zero-order valence-corrected chi connectivity index (χ0v) is 6.04. The topological polar surface area (TPSA) is 37.4 Å². The number of amides is 1. The molecule has 0 N–H and O–H groups in total. The minimum absolute atomic E-state index is 0.159. The summed E-state index contributed by atoms with van der Waals surface area (Å²) in [6.45, 7) is 0. The molecule has 1 rings (SSSR count). The van der Waals surface area contributed by atoms with Crippen LogP contribution in [0.2, 0.25) is 0 Å². The molecule has 0 aliphatic carbocycles. The van der Waals surface area contributed by atoms with E-state index < -0.39 is 0 Å². The van der Waals surface area contributed by atoms with Crippen LogP contribution < -0.4 is 0 Å². The van der Waals surface area contributed by atoms with Crippen molar-refractivity contribution in [1.29, 1.82) is 0 Å². The highest BCUT2D eigenvalue weighted by atomic mass is 16.2. The summed E-state index contributed by atoms with van der Waals surface area (Å²) < 4.78 is 0. The van der Waals surface area contributed by atoms with E-state index in [-0.39, 0.29) is 11.9 Å². The van der Waals surface area contributed by atoms with Crippen LogP contribution in [-0.2, 0) is 9.59 Å². The largest absolute Gasteiger partial charge is 0.342 e. The smallest absolute Gasteiger partial charge is 0.222 e. The first-order valence-electron chi connectivity index (χ1n) is 3.45. The average molecular weight is 141 g/mol. The third-order valence-corrected chi connectivity index (χ3v) is 2.00. The van der Waals surface area contributed by atoms with E-state index in [1.54, 1.807) is 11.9 Å². The van der Waals surface area contributed by atoms with Crippen LogP contribution in [0.1, 0.15) is 19.3 Å². The highest BCUT2D eigenvalue weighted by Crippen LogP contribution is 2.17. The minimum atomic E-state index is 0.159. The Labute approximate surface area is 60.0 Å². The van der Waals surface area contributed by atoms with E-state index in [1.165, 1.54) is 0 Å². The molecule has 1 atom stereocenters. The van der Waals surface area contributed by atoms with Gasteiger partial charge in [-0.05, 0) is 6.42 Å². The number of aldehydes is 1. The lowest BCUT2D eigenvalue weighted by molar-refractivity contribution is -0.127. The number of hydrogen-bond donors (Lipinski definition) is 0. The summed E-state index contributed by atoms with van der Waals surface area (Å²) in [4.78, 5) is 22.6. The molecule has 10 heavy (non-hydrogen) atoms. The normalized spacial score (nSPS) is 25.5. The number of nitrogens with zero attached hydrogens (tertiary/aromatic N) is 1. The third-order valence-electron chi connectivity index (χ3n) is 2.00. The molecule has 0 aromatic heterocycles.